The van der Waals surface area contributed by atoms with Gasteiger partial charge in [0.25, 0.3) is 0 Å². The molecule has 2 aliphatic rings. The molecule has 4 unspecified atom stereocenters. The summed E-state index contributed by atoms with van der Waals surface area (Å²) in [5.41, 5.74) is 1.04. The average Bonchev–Trinajstić information content (AvgIpc) is 3.27. The number of carbonyl (C=O) groups excluding carboxylic acids is 1. The minimum absolute atomic E-state index is 0.0302. The van der Waals surface area contributed by atoms with Gasteiger partial charge in [-0.25, -0.2) is 4.98 Å². The molecule has 1 aromatic heterocycles. The fourth-order valence-electron chi connectivity index (χ4n) is 5.07. The molecule has 34 heavy (non-hydrogen) atoms. The average molecular weight is 527 g/mol. The number of likely N-dealkylation sites (tertiary alicyclic amines) is 2. The van der Waals surface area contributed by atoms with Gasteiger partial charge in [0, 0.05) is 56.2 Å². The molecule has 1 amide bonds. The molecule has 3 heterocycles. The highest BCUT2D eigenvalue weighted by Crippen LogP contribution is 2.39. The minimum Gasteiger partial charge on any atom is -0.474 e. The van der Waals surface area contributed by atoms with E-state index < -0.39 is 6.23 Å². The number of aromatic nitrogens is 1. The number of piperidine rings is 1. The largest absolute Gasteiger partial charge is 0.474 e. The van der Waals surface area contributed by atoms with Gasteiger partial charge in [0.2, 0.25) is 11.8 Å². The molecule has 0 saturated carbocycles. The summed E-state index contributed by atoms with van der Waals surface area (Å²) in [5.74, 6) is 0.752. The molecular formula is C25H30Cl3N3O3. The van der Waals surface area contributed by atoms with Crippen LogP contribution in [0.15, 0.2) is 36.5 Å². The molecule has 2 aliphatic heterocycles. The molecule has 0 bridgehead atoms. The van der Waals surface area contributed by atoms with Crippen LogP contribution in [-0.4, -0.2) is 64.3 Å². The SMILES string of the molecule is CC(Oc1ccc(Cl)cn1)C1CN(C(=O)C2CCN(C(C)O)CC2)CC1c1ccc(Cl)c(Cl)c1. The number of hydrogen-bond acceptors (Lipinski definition) is 5. The zero-order valence-corrected chi connectivity index (χ0v) is 21.6. The van der Waals surface area contributed by atoms with Crippen molar-refractivity contribution in [2.45, 2.75) is 44.9 Å². The van der Waals surface area contributed by atoms with Crippen molar-refractivity contribution >= 4 is 40.7 Å². The number of halogens is 3. The van der Waals surface area contributed by atoms with Crippen LogP contribution in [0.2, 0.25) is 15.1 Å². The predicted molar refractivity (Wildman–Crippen MR) is 135 cm³/mol. The van der Waals surface area contributed by atoms with Gasteiger partial charge in [-0.05, 0) is 50.5 Å². The number of hydrogen-bond donors (Lipinski definition) is 1. The van der Waals surface area contributed by atoms with Crippen molar-refractivity contribution in [3.63, 3.8) is 0 Å². The van der Waals surface area contributed by atoms with Gasteiger partial charge >= 0.3 is 0 Å². The quantitative estimate of drug-likeness (QED) is 0.567. The summed E-state index contributed by atoms with van der Waals surface area (Å²) in [4.78, 5) is 21.7. The van der Waals surface area contributed by atoms with Crippen molar-refractivity contribution in [2.24, 2.45) is 11.8 Å². The topological polar surface area (TPSA) is 65.9 Å². The second-order valence-corrected chi connectivity index (χ2v) is 10.5. The molecule has 0 radical (unpaired) electrons. The van der Waals surface area contributed by atoms with E-state index in [4.69, 9.17) is 39.5 Å². The van der Waals surface area contributed by atoms with Gasteiger partial charge in [-0.15, -0.1) is 0 Å². The zero-order valence-electron chi connectivity index (χ0n) is 19.3. The van der Waals surface area contributed by atoms with Crippen LogP contribution in [-0.2, 0) is 4.79 Å². The van der Waals surface area contributed by atoms with E-state index in [0.717, 1.165) is 31.5 Å². The van der Waals surface area contributed by atoms with Gasteiger partial charge < -0.3 is 14.7 Å². The standard InChI is InChI=1S/C25H30Cl3N3O3/c1-15(34-24-6-4-19(26)12-29-24)20-13-31(14-21(20)18-3-5-22(27)23(28)11-18)25(33)17-7-9-30(10-8-17)16(2)32/h3-6,11-12,15-17,20-21,32H,7-10,13-14H2,1-2H3. The van der Waals surface area contributed by atoms with Crippen LogP contribution in [0, 0.1) is 11.8 Å². The van der Waals surface area contributed by atoms with Crippen molar-refractivity contribution in [3.05, 3.63) is 57.2 Å². The fourth-order valence-corrected chi connectivity index (χ4v) is 5.49. The number of ether oxygens (including phenoxy) is 1. The summed E-state index contributed by atoms with van der Waals surface area (Å²) in [6.45, 7) is 6.42. The van der Waals surface area contributed by atoms with E-state index in [1.54, 1.807) is 31.3 Å². The van der Waals surface area contributed by atoms with Crippen LogP contribution in [0.3, 0.4) is 0 Å². The number of rotatable bonds is 6. The van der Waals surface area contributed by atoms with Crippen LogP contribution in [0.1, 0.15) is 38.2 Å². The Morgan fingerprint density at radius 2 is 1.82 bits per heavy atom. The van der Waals surface area contributed by atoms with Crippen molar-refractivity contribution in [1.82, 2.24) is 14.8 Å². The maximum absolute atomic E-state index is 13.5. The first-order valence-corrected chi connectivity index (χ1v) is 12.8. The summed E-state index contributed by atoms with van der Waals surface area (Å²) >= 11 is 18.4. The van der Waals surface area contributed by atoms with Crippen molar-refractivity contribution < 1.29 is 14.6 Å². The lowest BCUT2D eigenvalue weighted by Crippen LogP contribution is -2.44. The third kappa shape index (κ3) is 5.80. The van der Waals surface area contributed by atoms with Crippen molar-refractivity contribution in [3.8, 4) is 5.88 Å². The van der Waals surface area contributed by atoms with Crippen molar-refractivity contribution in [1.29, 1.82) is 0 Å². The van der Waals surface area contributed by atoms with E-state index in [0.29, 0.717) is 34.0 Å². The first-order valence-electron chi connectivity index (χ1n) is 11.7. The van der Waals surface area contributed by atoms with Crippen LogP contribution < -0.4 is 4.74 Å². The van der Waals surface area contributed by atoms with E-state index in [1.165, 1.54) is 0 Å². The molecule has 184 valence electrons. The number of benzene rings is 1. The Balaban J connectivity index is 1.52. The molecule has 2 fully saturated rings. The highest BCUT2D eigenvalue weighted by molar-refractivity contribution is 6.42. The highest BCUT2D eigenvalue weighted by atomic mass is 35.5. The molecule has 4 atom stereocenters. The smallest absolute Gasteiger partial charge is 0.225 e. The van der Waals surface area contributed by atoms with E-state index in [2.05, 4.69) is 4.98 Å². The molecular weight excluding hydrogens is 497 g/mol. The highest BCUT2D eigenvalue weighted by Gasteiger charge is 2.42. The Bertz CT molecular complexity index is 997. The van der Waals surface area contributed by atoms with E-state index in [-0.39, 0.29) is 29.8 Å². The first kappa shape index (κ1) is 25.5. The second-order valence-electron chi connectivity index (χ2n) is 9.27. The number of amides is 1. The summed E-state index contributed by atoms with van der Waals surface area (Å²) < 4.78 is 6.17. The Kier molecular flexibility index (Phi) is 8.26. The van der Waals surface area contributed by atoms with Gasteiger partial charge in [0.1, 0.15) is 12.3 Å². The molecule has 0 spiro atoms. The Morgan fingerprint density at radius 3 is 2.44 bits per heavy atom. The van der Waals surface area contributed by atoms with E-state index >= 15 is 0 Å². The maximum Gasteiger partial charge on any atom is 0.225 e. The normalized spacial score (nSPS) is 23.6. The van der Waals surface area contributed by atoms with E-state index in [1.807, 2.05) is 28.9 Å². The third-order valence-electron chi connectivity index (χ3n) is 7.07. The van der Waals surface area contributed by atoms with Gasteiger partial charge in [-0.3, -0.25) is 9.69 Å². The van der Waals surface area contributed by atoms with E-state index in [9.17, 15) is 9.90 Å². The lowest BCUT2D eigenvalue weighted by Gasteiger charge is -2.34. The maximum atomic E-state index is 13.5. The van der Waals surface area contributed by atoms with Gasteiger partial charge in [-0.1, -0.05) is 40.9 Å². The van der Waals surface area contributed by atoms with Crippen LogP contribution >= 0.6 is 34.8 Å². The van der Waals surface area contributed by atoms with Gasteiger partial charge in [0.05, 0.1) is 15.1 Å². The number of carbonyl (C=O) groups is 1. The molecule has 1 N–H and O–H groups in total. The van der Waals surface area contributed by atoms with Crippen LogP contribution in [0.5, 0.6) is 5.88 Å². The Labute approximate surface area is 215 Å². The lowest BCUT2D eigenvalue weighted by atomic mass is 9.86. The number of nitrogens with zero attached hydrogens (tertiary/aromatic N) is 3. The minimum atomic E-state index is -0.481. The summed E-state index contributed by atoms with van der Waals surface area (Å²) in [7, 11) is 0. The number of aliphatic hydroxyl groups is 1. The van der Waals surface area contributed by atoms with Gasteiger partial charge in [-0.2, -0.15) is 0 Å². The fraction of sp³-hybridized carbons (Fsp3) is 0.520. The summed E-state index contributed by atoms with van der Waals surface area (Å²) in [6.07, 6.45) is 2.39. The molecule has 1 aromatic carbocycles. The molecule has 0 aliphatic carbocycles. The monoisotopic (exact) mass is 525 g/mol. The summed E-state index contributed by atoms with van der Waals surface area (Å²) in [5, 5.41) is 11.4. The molecule has 4 rings (SSSR count). The molecule has 6 nitrogen and oxygen atoms in total. The molecule has 2 aromatic rings. The Morgan fingerprint density at radius 1 is 1.09 bits per heavy atom. The lowest BCUT2D eigenvalue weighted by molar-refractivity contribution is -0.137. The van der Waals surface area contributed by atoms with Crippen LogP contribution in [0.4, 0.5) is 0 Å². The van der Waals surface area contributed by atoms with Crippen molar-refractivity contribution in [2.75, 3.05) is 26.2 Å². The third-order valence-corrected chi connectivity index (χ3v) is 8.03. The second kappa shape index (κ2) is 11.0. The summed E-state index contributed by atoms with van der Waals surface area (Å²) in [6, 6.07) is 9.18. The Hall–Kier alpha value is -1.57. The van der Waals surface area contributed by atoms with Gasteiger partial charge in [0.15, 0.2) is 0 Å². The number of pyridine rings is 1. The van der Waals surface area contributed by atoms with Crippen LogP contribution in [0.25, 0.3) is 0 Å². The first-order chi connectivity index (χ1) is 16.2. The predicted octanol–water partition coefficient (Wildman–Crippen LogP) is 5.10. The number of aliphatic hydroxyl groups excluding tert-OH is 1. The molecule has 9 heteroatoms. The zero-order chi connectivity index (χ0) is 24.4. The molecule has 2 saturated heterocycles.